The summed E-state index contributed by atoms with van der Waals surface area (Å²) < 4.78 is 40.7. The second kappa shape index (κ2) is 5.72. The number of benzene rings is 2. The number of aromatic nitrogens is 2. The van der Waals surface area contributed by atoms with E-state index in [0.717, 1.165) is 28.4 Å². The Kier molecular flexibility index (Phi) is 3.63. The Balaban J connectivity index is 1.87. The van der Waals surface area contributed by atoms with E-state index >= 15 is 0 Å². The molecule has 8 heteroatoms. The molecule has 2 N–H and O–H groups in total. The Morgan fingerprint density at radius 1 is 1.08 bits per heavy atom. The van der Waals surface area contributed by atoms with Gasteiger partial charge in [0.15, 0.2) is 0 Å². The van der Waals surface area contributed by atoms with E-state index in [2.05, 4.69) is 14.7 Å². The molecule has 5 nitrogen and oxygen atoms in total. The second-order valence-corrected chi connectivity index (χ2v) is 7.60. The lowest BCUT2D eigenvalue weighted by Gasteiger charge is -2.10. The van der Waals surface area contributed by atoms with E-state index < -0.39 is 15.8 Å². The van der Waals surface area contributed by atoms with Gasteiger partial charge in [0.05, 0.1) is 27.8 Å². The van der Waals surface area contributed by atoms with Gasteiger partial charge in [0.25, 0.3) is 10.0 Å². The fraction of sp³-hybridized carbons (Fsp3) is 0. The first-order valence-corrected chi connectivity index (χ1v) is 9.13. The van der Waals surface area contributed by atoms with Crippen LogP contribution in [0.1, 0.15) is 0 Å². The van der Waals surface area contributed by atoms with Crippen LogP contribution in [0.25, 0.3) is 21.8 Å². The van der Waals surface area contributed by atoms with Gasteiger partial charge in [-0.3, -0.25) is 9.71 Å². The first kappa shape index (κ1) is 15.9. The van der Waals surface area contributed by atoms with Crippen LogP contribution in [0.4, 0.5) is 10.1 Å². The summed E-state index contributed by atoms with van der Waals surface area (Å²) in [5.41, 5.74) is 1.67. The smallest absolute Gasteiger partial charge is 0.261 e. The van der Waals surface area contributed by atoms with Gasteiger partial charge in [-0.05, 0) is 42.5 Å². The Morgan fingerprint density at radius 2 is 1.84 bits per heavy atom. The van der Waals surface area contributed by atoms with Crippen LogP contribution >= 0.6 is 11.6 Å². The van der Waals surface area contributed by atoms with E-state index in [1.165, 1.54) is 18.2 Å². The SMILES string of the molecule is O=S(=O)(Nc1cc(Cl)cc2c1[nH]c1cnccc12)c1ccc(F)cc1. The standard InChI is InChI=1S/C17H11ClFN3O2S/c18-10-7-14-13-5-6-20-9-16(13)21-17(14)15(8-10)22-25(23,24)12-3-1-11(19)2-4-12/h1-9,21-22H. The number of H-pyrrole nitrogens is 1. The van der Waals surface area contributed by atoms with Gasteiger partial charge in [0, 0.05) is 22.0 Å². The van der Waals surface area contributed by atoms with Gasteiger partial charge in [-0.25, -0.2) is 12.8 Å². The third kappa shape index (κ3) is 2.81. The van der Waals surface area contributed by atoms with E-state index in [-0.39, 0.29) is 4.90 Å². The van der Waals surface area contributed by atoms with E-state index in [1.54, 1.807) is 18.5 Å². The maximum absolute atomic E-state index is 13.0. The van der Waals surface area contributed by atoms with Crippen molar-refractivity contribution in [3.8, 4) is 0 Å². The predicted molar refractivity (Wildman–Crippen MR) is 95.8 cm³/mol. The highest BCUT2D eigenvalue weighted by molar-refractivity contribution is 7.92. The number of aromatic amines is 1. The van der Waals surface area contributed by atoms with Crippen molar-refractivity contribution in [2.24, 2.45) is 0 Å². The lowest BCUT2D eigenvalue weighted by molar-refractivity contribution is 0.599. The average molecular weight is 376 g/mol. The number of rotatable bonds is 3. The highest BCUT2D eigenvalue weighted by atomic mass is 35.5. The molecule has 2 aromatic heterocycles. The number of hydrogen-bond acceptors (Lipinski definition) is 3. The fourth-order valence-electron chi connectivity index (χ4n) is 2.72. The van der Waals surface area contributed by atoms with E-state index in [0.29, 0.717) is 16.2 Å². The van der Waals surface area contributed by atoms with E-state index in [9.17, 15) is 12.8 Å². The molecule has 0 bridgehead atoms. The normalized spacial score (nSPS) is 11.9. The summed E-state index contributed by atoms with van der Waals surface area (Å²) in [6.07, 6.45) is 3.31. The number of sulfonamides is 1. The molecule has 0 saturated carbocycles. The molecule has 0 aliphatic rings. The number of fused-ring (bicyclic) bond motifs is 3. The minimum atomic E-state index is -3.89. The van der Waals surface area contributed by atoms with Gasteiger partial charge in [-0.2, -0.15) is 0 Å². The van der Waals surface area contributed by atoms with Crippen LogP contribution in [0, 0.1) is 5.82 Å². The van der Waals surface area contributed by atoms with Gasteiger partial charge in [0.1, 0.15) is 5.82 Å². The molecule has 0 aliphatic heterocycles. The lowest BCUT2D eigenvalue weighted by atomic mass is 10.2. The third-order valence-corrected chi connectivity index (χ3v) is 5.44. The minimum Gasteiger partial charge on any atom is -0.352 e. The Hall–Kier alpha value is -2.64. The molecular formula is C17H11ClFN3O2S. The van der Waals surface area contributed by atoms with Gasteiger partial charge >= 0.3 is 0 Å². The minimum absolute atomic E-state index is 0.0418. The number of pyridine rings is 1. The maximum Gasteiger partial charge on any atom is 0.261 e. The Bertz CT molecular complexity index is 1200. The van der Waals surface area contributed by atoms with E-state index in [1.807, 2.05) is 6.07 Å². The summed E-state index contributed by atoms with van der Waals surface area (Å²) in [4.78, 5) is 7.16. The fourth-order valence-corrected chi connectivity index (χ4v) is 4.00. The van der Waals surface area contributed by atoms with Crippen LogP contribution in [0.3, 0.4) is 0 Å². The number of hydrogen-bond donors (Lipinski definition) is 2. The predicted octanol–water partition coefficient (Wildman–Crippen LogP) is 4.31. The second-order valence-electron chi connectivity index (χ2n) is 5.48. The summed E-state index contributed by atoms with van der Waals surface area (Å²) >= 11 is 6.16. The molecule has 0 atom stereocenters. The zero-order valence-electron chi connectivity index (χ0n) is 12.6. The highest BCUT2D eigenvalue weighted by Gasteiger charge is 2.18. The number of nitrogens with zero attached hydrogens (tertiary/aromatic N) is 1. The number of anilines is 1. The van der Waals surface area contributed by atoms with Crippen molar-refractivity contribution in [3.05, 3.63) is 65.7 Å². The van der Waals surface area contributed by atoms with Crippen LogP contribution in [0.15, 0.2) is 59.8 Å². The topological polar surface area (TPSA) is 74.8 Å². The van der Waals surface area contributed by atoms with Gasteiger partial charge < -0.3 is 4.98 Å². The third-order valence-electron chi connectivity index (χ3n) is 3.84. The molecule has 0 radical (unpaired) electrons. The summed E-state index contributed by atoms with van der Waals surface area (Å²) in [6.45, 7) is 0. The van der Waals surface area contributed by atoms with Crippen LogP contribution in [0.2, 0.25) is 5.02 Å². The first-order valence-electron chi connectivity index (χ1n) is 7.27. The molecule has 0 fully saturated rings. The van der Waals surface area contributed by atoms with Crippen molar-refractivity contribution in [3.63, 3.8) is 0 Å². The van der Waals surface area contributed by atoms with Crippen LogP contribution in [-0.4, -0.2) is 18.4 Å². The van der Waals surface area contributed by atoms with Crippen molar-refractivity contribution >= 4 is 49.1 Å². The first-order chi connectivity index (χ1) is 11.9. The molecule has 126 valence electrons. The summed E-state index contributed by atoms with van der Waals surface area (Å²) in [6, 6.07) is 9.69. The van der Waals surface area contributed by atoms with E-state index in [4.69, 9.17) is 11.6 Å². The zero-order valence-corrected chi connectivity index (χ0v) is 14.2. The maximum atomic E-state index is 13.0. The summed E-state index contributed by atoms with van der Waals surface area (Å²) in [7, 11) is -3.89. The van der Waals surface area contributed by atoms with Crippen molar-refractivity contribution in [2.75, 3.05) is 4.72 Å². The number of nitrogens with one attached hydrogen (secondary N) is 2. The quantitative estimate of drug-likeness (QED) is 0.560. The lowest BCUT2D eigenvalue weighted by Crippen LogP contribution is -2.13. The molecule has 0 spiro atoms. The molecule has 2 heterocycles. The Labute approximate surface area is 147 Å². The monoisotopic (exact) mass is 375 g/mol. The van der Waals surface area contributed by atoms with Crippen LogP contribution in [-0.2, 0) is 10.0 Å². The van der Waals surface area contributed by atoms with Crippen molar-refractivity contribution in [2.45, 2.75) is 4.90 Å². The molecule has 0 amide bonds. The van der Waals surface area contributed by atoms with Crippen molar-refractivity contribution in [1.82, 2.24) is 9.97 Å². The highest BCUT2D eigenvalue weighted by Crippen LogP contribution is 2.34. The molecule has 2 aromatic carbocycles. The van der Waals surface area contributed by atoms with Gasteiger partial charge in [0.2, 0.25) is 0 Å². The van der Waals surface area contributed by atoms with Gasteiger partial charge in [-0.15, -0.1) is 0 Å². The van der Waals surface area contributed by atoms with Crippen LogP contribution in [0.5, 0.6) is 0 Å². The molecule has 4 rings (SSSR count). The largest absolute Gasteiger partial charge is 0.352 e. The molecule has 4 aromatic rings. The molecule has 0 saturated heterocycles. The summed E-state index contributed by atoms with van der Waals surface area (Å²) in [5, 5.41) is 2.05. The van der Waals surface area contributed by atoms with Crippen molar-refractivity contribution < 1.29 is 12.8 Å². The molecule has 0 aliphatic carbocycles. The van der Waals surface area contributed by atoms with Crippen molar-refractivity contribution in [1.29, 1.82) is 0 Å². The average Bonchev–Trinajstić information content (AvgIpc) is 2.94. The zero-order chi connectivity index (χ0) is 17.6. The summed E-state index contributed by atoms with van der Waals surface area (Å²) in [5.74, 6) is -0.507. The van der Waals surface area contributed by atoms with Crippen LogP contribution < -0.4 is 4.72 Å². The molecule has 25 heavy (non-hydrogen) atoms. The molecular weight excluding hydrogens is 365 g/mol. The Morgan fingerprint density at radius 3 is 2.60 bits per heavy atom. The van der Waals surface area contributed by atoms with Gasteiger partial charge in [-0.1, -0.05) is 11.6 Å². The number of halogens is 2. The molecule has 0 unspecified atom stereocenters.